The van der Waals surface area contributed by atoms with Crippen LogP contribution in [0.4, 0.5) is 34.1 Å². The fourth-order valence-electron chi connectivity index (χ4n) is 9.14. The van der Waals surface area contributed by atoms with Crippen LogP contribution < -0.4 is 26.3 Å². The van der Waals surface area contributed by atoms with E-state index in [4.69, 9.17) is 0 Å². The molecular formula is C52H46BN3. The molecular weight excluding hydrogens is 677 g/mol. The SMILES string of the molecule is CC(C)(C)c1ccc(N(c2ccc(C(C)(C)C)cc2)c2ccc3c(c2)N(c2ccccc2)c2cccc4c2B3c2c-4c3ccccc3n2-c2ccccc2)cc1. The molecule has 3 heterocycles. The molecule has 4 heteroatoms. The lowest BCUT2D eigenvalue weighted by atomic mass is 9.38. The van der Waals surface area contributed by atoms with Crippen LogP contribution in [0.2, 0.25) is 0 Å². The van der Waals surface area contributed by atoms with E-state index in [1.54, 1.807) is 0 Å². The van der Waals surface area contributed by atoms with Gasteiger partial charge in [-0.2, -0.15) is 0 Å². The summed E-state index contributed by atoms with van der Waals surface area (Å²) in [6.07, 6.45) is 0. The summed E-state index contributed by atoms with van der Waals surface area (Å²) in [5, 5.41) is 1.29. The van der Waals surface area contributed by atoms with Crippen molar-refractivity contribution in [1.82, 2.24) is 4.57 Å². The third kappa shape index (κ3) is 5.34. The molecule has 0 spiro atoms. The van der Waals surface area contributed by atoms with Crippen molar-refractivity contribution < 1.29 is 0 Å². The van der Waals surface area contributed by atoms with Gasteiger partial charge in [-0.15, -0.1) is 0 Å². The van der Waals surface area contributed by atoms with Crippen molar-refractivity contribution in [3.05, 3.63) is 181 Å². The first-order valence-corrected chi connectivity index (χ1v) is 19.9. The van der Waals surface area contributed by atoms with E-state index >= 15 is 0 Å². The molecule has 0 bridgehead atoms. The molecule has 1 aromatic heterocycles. The standard InChI is InChI=1S/C52H46BN3/c1-51(2,3)35-24-28-39(29-25-35)54(40-30-26-36(27-31-40)52(4,5)6)41-32-33-44-47(34-41)55(37-16-9-7-10-17-37)46-23-15-21-43-48-42-20-13-14-22-45(42)56(38-18-11-8-12-19-38)50(48)53(44)49(43)46/h7-34H,1-6H3. The van der Waals surface area contributed by atoms with Gasteiger partial charge in [0, 0.05) is 56.4 Å². The van der Waals surface area contributed by atoms with Crippen LogP contribution in [0.1, 0.15) is 52.7 Å². The minimum Gasteiger partial charge on any atom is -0.321 e. The average molecular weight is 724 g/mol. The lowest BCUT2D eigenvalue weighted by Gasteiger charge is -2.37. The van der Waals surface area contributed by atoms with Crippen molar-refractivity contribution in [1.29, 1.82) is 0 Å². The Bertz CT molecular complexity index is 2690. The zero-order valence-electron chi connectivity index (χ0n) is 33.1. The molecule has 7 aromatic carbocycles. The number of para-hydroxylation sites is 3. The van der Waals surface area contributed by atoms with Gasteiger partial charge in [-0.1, -0.05) is 139 Å². The average Bonchev–Trinajstić information content (AvgIpc) is 3.72. The quantitative estimate of drug-likeness (QED) is 0.164. The summed E-state index contributed by atoms with van der Waals surface area (Å²) in [7, 11) is 0. The van der Waals surface area contributed by atoms with Crippen LogP contribution in [-0.2, 0) is 10.8 Å². The summed E-state index contributed by atoms with van der Waals surface area (Å²) >= 11 is 0. The van der Waals surface area contributed by atoms with E-state index in [0.29, 0.717) is 0 Å². The summed E-state index contributed by atoms with van der Waals surface area (Å²) in [5.41, 5.74) is 18.9. The molecule has 0 saturated carbocycles. The van der Waals surface area contributed by atoms with Gasteiger partial charge in [0.25, 0.3) is 6.71 Å². The van der Waals surface area contributed by atoms with Crippen molar-refractivity contribution in [2.75, 3.05) is 9.80 Å². The second kappa shape index (κ2) is 12.6. The second-order valence-electron chi connectivity index (χ2n) is 17.5. The molecule has 8 aromatic rings. The van der Waals surface area contributed by atoms with Crippen LogP contribution >= 0.6 is 0 Å². The smallest absolute Gasteiger partial charge is 0.269 e. The van der Waals surface area contributed by atoms with Crippen LogP contribution in [0.15, 0.2) is 170 Å². The highest BCUT2D eigenvalue weighted by Gasteiger charge is 2.46. The van der Waals surface area contributed by atoms with Gasteiger partial charge in [0.1, 0.15) is 0 Å². The Morgan fingerprint density at radius 2 is 1.04 bits per heavy atom. The highest BCUT2D eigenvalue weighted by atomic mass is 15.2. The van der Waals surface area contributed by atoms with E-state index in [0.717, 1.165) is 22.7 Å². The summed E-state index contributed by atoms with van der Waals surface area (Å²) in [5.74, 6) is 0. The molecule has 2 aliphatic heterocycles. The lowest BCUT2D eigenvalue weighted by Crippen LogP contribution is -2.56. The maximum Gasteiger partial charge on any atom is 0.269 e. The number of nitrogens with zero attached hydrogens (tertiary/aromatic N) is 3. The van der Waals surface area contributed by atoms with Crippen molar-refractivity contribution in [3.63, 3.8) is 0 Å². The van der Waals surface area contributed by atoms with Crippen molar-refractivity contribution in [3.8, 4) is 16.8 Å². The Morgan fingerprint density at radius 1 is 0.482 bits per heavy atom. The van der Waals surface area contributed by atoms with Gasteiger partial charge in [0.15, 0.2) is 0 Å². The van der Waals surface area contributed by atoms with E-state index in [1.807, 2.05) is 0 Å². The highest BCUT2D eigenvalue weighted by Crippen LogP contribution is 2.46. The number of benzene rings is 7. The van der Waals surface area contributed by atoms with Gasteiger partial charge in [-0.3, -0.25) is 0 Å². The molecule has 2 aliphatic rings. The topological polar surface area (TPSA) is 11.4 Å². The maximum absolute atomic E-state index is 2.52. The van der Waals surface area contributed by atoms with E-state index in [9.17, 15) is 0 Å². The van der Waals surface area contributed by atoms with Crippen LogP contribution in [0.25, 0.3) is 27.7 Å². The van der Waals surface area contributed by atoms with Crippen LogP contribution in [-0.4, -0.2) is 11.3 Å². The molecule has 0 aliphatic carbocycles. The Morgan fingerprint density at radius 3 is 1.64 bits per heavy atom. The van der Waals surface area contributed by atoms with Gasteiger partial charge in [-0.05, 0) is 111 Å². The molecule has 0 atom stereocenters. The predicted molar refractivity (Wildman–Crippen MR) is 240 cm³/mol. The number of fused-ring (bicyclic) bond motifs is 7. The summed E-state index contributed by atoms with van der Waals surface area (Å²) in [6, 6.07) is 63.1. The minimum atomic E-state index is 0.0541. The summed E-state index contributed by atoms with van der Waals surface area (Å²) < 4.78 is 2.52. The van der Waals surface area contributed by atoms with Gasteiger partial charge >= 0.3 is 0 Å². The zero-order valence-corrected chi connectivity index (χ0v) is 33.1. The van der Waals surface area contributed by atoms with Crippen molar-refractivity contribution in [2.24, 2.45) is 0 Å². The molecule has 0 amide bonds. The number of aromatic nitrogens is 1. The Hall–Kier alpha value is -6.26. The lowest BCUT2D eigenvalue weighted by molar-refractivity contribution is 0.590. The van der Waals surface area contributed by atoms with E-state index in [1.165, 1.54) is 66.7 Å². The Kier molecular flexibility index (Phi) is 7.73. The third-order valence-electron chi connectivity index (χ3n) is 11.9. The molecule has 3 nitrogen and oxygen atoms in total. The summed E-state index contributed by atoms with van der Waals surface area (Å²) in [6.45, 7) is 13.7. The molecule has 56 heavy (non-hydrogen) atoms. The molecule has 0 N–H and O–H groups in total. The second-order valence-corrected chi connectivity index (χ2v) is 17.5. The number of hydrogen-bond acceptors (Lipinski definition) is 2. The maximum atomic E-state index is 2.52. The first kappa shape index (κ1) is 34.3. The molecule has 0 fully saturated rings. The highest BCUT2D eigenvalue weighted by molar-refractivity contribution is 7.01. The van der Waals surface area contributed by atoms with E-state index in [2.05, 4.69) is 226 Å². The predicted octanol–water partition coefficient (Wildman–Crippen LogP) is 12.0. The molecule has 0 unspecified atom stereocenters. The van der Waals surface area contributed by atoms with Gasteiger partial charge in [0.2, 0.25) is 0 Å². The molecule has 10 rings (SSSR count). The van der Waals surface area contributed by atoms with Gasteiger partial charge < -0.3 is 14.4 Å². The first-order chi connectivity index (χ1) is 27.1. The van der Waals surface area contributed by atoms with Gasteiger partial charge in [-0.25, -0.2) is 0 Å². The number of anilines is 6. The van der Waals surface area contributed by atoms with E-state index < -0.39 is 0 Å². The fraction of sp³-hybridized carbons (Fsp3) is 0.154. The van der Waals surface area contributed by atoms with E-state index in [-0.39, 0.29) is 17.5 Å². The summed E-state index contributed by atoms with van der Waals surface area (Å²) in [4.78, 5) is 4.92. The van der Waals surface area contributed by atoms with Crippen LogP contribution in [0.3, 0.4) is 0 Å². The number of rotatable bonds is 5. The third-order valence-corrected chi connectivity index (χ3v) is 11.9. The van der Waals surface area contributed by atoms with Crippen LogP contribution in [0, 0.1) is 0 Å². The Labute approximate surface area is 331 Å². The minimum absolute atomic E-state index is 0.0541. The molecule has 272 valence electrons. The first-order valence-electron chi connectivity index (χ1n) is 19.9. The fourth-order valence-corrected chi connectivity index (χ4v) is 9.14. The number of hydrogen-bond donors (Lipinski definition) is 0. The molecule has 0 saturated heterocycles. The van der Waals surface area contributed by atoms with Gasteiger partial charge in [0.05, 0.1) is 5.52 Å². The Balaban J connectivity index is 1.23. The van der Waals surface area contributed by atoms with Crippen molar-refractivity contribution in [2.45, 2.75) is 52.4 Å². The van der Waals surface area contributed by atoms with Crippen LogP contribution in [0.5, 0.6) is 0 Å². The van der Waals surface area contributed by atoms with Crippen molar-refractivity contribution >= 4 is 68.3 Å². The normalized spacial score (nSPS) is 13.1. The molecule has 0 radical (unpaired) electrons. The largest absolute Gasteiger partial charge is 0.321 e. The zero-order chi connectivity index (χ0) is 38.3. The monoisotopic (exact) mass is 723 g/mol.